The number of carbonyl (C=O) groups is 1. The van der Waals surface area contributed by atoms with Crippen LogP contribution in [-0.4, -0.2) is 17.3 Å². The summed E-state index contributed by atoms with van der Waals surface area (Å²) in [5.74, 6) is 0.325. The normalized spacial score (nSPS) is 12.8. The summed E-state index contributed by atoms with van der Waals surface area (Å²) in [6.45, 7) is 3.91. The predicted molar refractivity (Wildman–Crippen MR) is 64.3 cm³/mol. The number of hydrogen-bond donors (Lipinski definition) is 0. The summed E-state index contributed by atoms with van der Waals surface area (Å²) in [4.78, 5) is 10.7. The van der Waals surface area contributed by atoms with Gasteiger partial charge in [0.15, 0.2) is 0 Å². The average Bonchev–Trinajstić information content (AvgIpc) is 2.10. The third-order valence-corrected chi connectivity index (χ3v) is 4.42. The zero-order valence-electron chi connectivity index (χ0n) is 8.84. The van der Waals surface area contributed by atoms with Crippen molar-refractivity contribution >= 4 is 27.4 Å². The second kappa shape index (κ2) is 8.95. The quantitative estimate of drug-likeness (QED) is 0.456. The fourth-order valence-electron chi connectivity index (χ4n) is 1.20. The summed E-state index contributed by atoms with van der Waals surface area (Å²) in [5, 5.41) is 0.780. The second-order valence-electron chi connectivity index (χ2n) is 3.24. The van der Waals surface area contributed by atoms with Crippen molar-refractivity contribution in [3.8, 4) is 0 Å². The van der Waals surface area contributed by atoms with Crippen LogP contribution in [0.25, 0.3) is 0 Å². The Morgan fingerprint density at radius 3 is 2.54 bits per heavy atom. The highest BCUT2D eigenvalue weighted by molar-refractivity contribution is 8.76. The Morgan fingerprint density at radius 1 is 1.38 bits per heavy atom. The first-order valence-corrected chi connectivity index (χ1v) is 7.51. The molecule has 0 bridgehead atoms. The molecular weight excluding hydrogens is 200 g/mol. The molecule has 0 aliphatic rings. The molecule has 1 nitrogen and oxygen atoms in total. The predicted octanol–water partition coefficient (Wildman–Crippen LogP) is 3.93. The molecule has 0 amide bonds. The Kier molecular flexibility index (Phi) is 9.20. The second-order valence-corrected chi connectivity index (χ2v) is 6.01. The SMILES string of the molecule is CC[C@@H](CCCCC(C)=O)SSC. The zero-order chi connectivity index (χ0) is 10.1. The van der Waals surface area contributed by atoms with E-state index in [1.165, 1.54) is 19.3 Å². The number of rotatable bonds is 8. The summed E-state index contributed by atoms with van der Waals surface area (Å²) in [6.07, 6.45) is 7.66. The summed E-state index contributed by atoms with van der Waals surface area (Å²) in [6, 6.07) is 0. The van der Waals surface area contributed by atoms with Crippen molar-refractivity contribution in [2.75, 3.05) is 6.26 Å². The lowest BCUT2D eigenvalue weighted by molar-refractivity contribution is -0.117. The maximum Gasteiger partial charge on any atom is 0.129 e. The van der Waals surface area contributed by atoms with Gasteiger partial charge >= 0.3 is 0 Å². The van der Waals surface area contributed by atoms with Crippen LogP contribution in [0.3, 0.4) is 0 Å². The topological polar surface area (TPSA) is 17.1 Å². The molecule has 1 atom stereocenters. The monoisotopic (exact) mass is 220 g/mol. The lowest BCUT2D eigenvalue weighted by Gasteiger charge is -2.11. The Bertz CT molecular complexity index is 137. The number of ketones is 1. The molecule has 78 valence electrons. The average molecular weight is 220 g/mol. The molecule has 0 aliphatic carbocycles. The number of Topliss-reactive ketones (excluding diaryl/α,β-unsaturated/α-hetero) is 1. The van der Waals surface area contributed by atoms with Gasteiger partial charge in [0.1, 0.15) is 5.78 Å². The van der Waals surface area contributed by atoms with Crippen LogP contribution in [0.15, 0.2) is 0 Å². The highest BCUT2D eigenvalue weighted by Crippen LogP contribution is 2.29. The van der Waals surface area contributed by atoms with E-state index in [-0.39, 0.29) is 0 Å². The van der Waals surface area contributed by atoms with Crippen molar-refractivity contribution in [3.63, 3.8) is 0 Å². The Balaban J connectivity index is 3.32. The molecule has 0 fully saturated rings. The van der Waals surface area contributed by atoms with Crippen LogP contribution in [0, 0.1) is 0 Å². The van der Waals surface area contributed by atoms with E-state index in [0.717, 1.165) is 18.1 Å². The molecule has 0 radical (unpaired) electrons. The number of carbonyl (C=O) groups excluding carboxylic acids is 1. The first-order chi connectivity index (χ1) is 6.20. The first kappa shape index (κ1) is 13.4. The minimum atomic E-state index is 0.325. The number of hydrogen-bond acceptors (Lipinski definition) is 3. The van der Waals surface area contributed by atoms with Crippen molar-refractivity contribution in [2.45, 2.75) is 51.2 Å². The van der Waals surface area contributed by atoms with Crippen LogP contribution in [0.5, 0.6) is 0 Å². The van der Waals surface area contributed by atoms with Crippen LogP contribution >= 0.6 is 21.6 Å². The van der Waals surface area contributed by atoms with Crippen LogP contribution in [-0.2, 0) is 4.79 Å². The van der Waals surface area contributed by atoms with E-state index in [0.29, 0.717) is 5.78 Å². The summed E-state index contributed by atoms with van der Waals surface area (Å²) < 4.78 is 0. The van der Waals surface area contributed by atoms with Crippen molar-refractivity contribution in [3.05, 3.63) is 0 Å². The van der Waals surface area contributed by atoms with E-state index in [1.807, 2.05) is 21.6 Å². The third-order valence-electron chi connectivity index (χ3n) is 1.99. The molecule has 13 heavy (non-hydrogen) atoms. The molecule has 0 rings (SSSR count). The molecule has 0 aromatic rings. The molecule has 0 spiro atoms. The maximum atomic E-state index is 10.7. The first-order valence-electron chi connectivity index (χ1n) is 4.89. The summed E-state index contributed by atoms with van der Waals surface area (Å²) in [7, 11) is 3.82. The van der Waals surface area contributed by atoms with Crippen LogP contribution in [0.2, 0.25) is 0 Å². The van der Waals surface area contributed by atoms with Crippen molar-refractivity contribution in [1.29, 1.82) is 0 Å². The van der Waals surface area contributed by atoms with Gasteiger partial charge in [-0.15, -0.1) is 0 Å². The zero-order valence-corrected chi connectivity index (χ0v) is 10.5. The molecule has 0 unspecified atom stereocenters. The van der Waals surface area contributed by atoms with Crippen molar-refractivity contribution < 1.29 is 4.79 Å². The van der Waals surface area contributed by atoms with Crippen molar-refractivity contribution in [1.82, 2.24) is 0 Å². The molecular formula is C10H20OS2. The van der Waals surface area contributed by atoms with Crippen molar-refractivity contribution in [2.24, 2.45) is 0 Å². The van der Waals surface area contributed by atoms with Gasteiger partial charge in [-0.05, 0) is 32.4 Å². The van der Waals surface area contributed by atoms with Gasteiger partial charge in [-0.1, -0.05) is 34.9 Å². The summed E-state index contributed by atoms with van der Waals surface area (Å²) >= 11 is 0. The van der Waals surface area contributed by atoms with Gasteiger partial charge in [0.05, 0.1) is 0 Å². The number of unbranched alkanes of at least 4 members (excludes halogenated alkanes) is 1. The molecule has 3 heteroatoms. The van der Waals surface area contributed by atoms with Crippen LogP contribution < -0.4 is 0 Å². The van der Waals surface area contributed by atoms with Gasteiger partial charge in [-0.3, -0.25) is 0 Å². The largest absolute Gasteiger partial charge is 0.300 e. The van der Waals surface area contributed by atoms with Crippen LogP contribution in [0.4, 0.5) is 0 Å². The van der Waals surface area contributed by atoms with E-state index in [4.69, 9.17) is 0 Å². The highest BCUT2D eigenvalue weighted by atomic mass is 33.1. The van der Waals surface area contributed by atoms with E-state index >= 15 is 0 Å². The van der Waals surface area contributed by atoms with E-state index < -0.39 is 0 Å². The van der Waals surface area contributed by atoms with Gasteiger partial charge in [0.2, 0.25) is 0 Å². The Morgan fingerprint density at radius 2 is 2.08 bits per heavy atom. The van der Waals surface area contributed by atoms with E-state index in [9.17, 15) is 4.79 Å². The van der Waals surface area contributed by atoms with Gasteiger partial charge in [0, 0.05) is 11.7 Å². The molecule has 0 aromatic carbocycles. The van der Waals surface area contributed by atoms with E-state index in [2.05, 4.69) is 13.2 Å². The third kappa shape index (κ3) is 8.69. The van der Waals surface area contributed by atoms with Gasteiger partial charge in [-0.2, -0.15) is 0 Å². The Hall–Kier alpha value is 0.370. The molecule has 0 saturated heterocycles. The fourth-order valence-corrected chi connectivity index (χ4v) is 3.39. The standard InChI is InChI=1S/C10H20OS2/c1-4-10(13-12-3)8-6-5-7-9(2)11/h10H,4-8H2,1-3H3/t10-/m0/s1. The molecule has 0 N–H and O–H groups in total. The summed E-state index contributed by atoms with van der Waals surface area (Å²) in [5.41, 5.74) is 0. The minimum absolute atomic E-state index is 0.325. The minimum Gasteiger partial charge on any atom is -0.300 e. The molecule has 0 aromatic heterocycles. The highest BCUT2D eigenvalue weighted by Gasteiger charge is 2.05. The molecule has 0 saturated carbocycles. The van der Waals surface area contributed by atoms with Gasteiger partial charge in [-0.25, -0.2) is 0 Å². The molecule has 0 heterocycles. The maximum absolute atomic E-state index is 10.7. The van der Waals surface area contributed by atoms with Crippen LogP contribution in [0.1, 0.15) is 46.0 Å². The Labute approximate surface area is 89.8 Å². The lowest BCUT2D eigenvalue weighted by atomic mass is 10.1. The smallest absolute Gasteiger partial charge is 0.129 e. The fraction of sp³-hybridized carbons (Fsp3) is 0.900. The lowest BCUT2D eigenvalue weighted by Crippen LogP contribution is -1.99. The molecule has 0 aliphatic heterocycles. The van der Waals surface area contributed by atoms with Gasteiger partial charge in [0.25, 0.3) is 0 Å². The van der Waals surface area contributed by atoms with E-state index in [1.54, 1.807) is 6.92 Å². The van der Waals surface area contributed by atoms with Gasteiger partial charge < -0.3 is 4.79 Å².